The molecule has 1 aromatic heterocycles. The third-order valence-electron chi connectivity index (χ3n) is 2.20. The van der Waals surface area contributed by atoms with Gasteiger partial charge in [-0.25, -0.2) is 18.2 Å². The lowest BCUT2D eigenvalue weighted by molar-refractivity contribution is 0.448. The first-order valence-corrected chi connectivity index (χ1v) is 5.67. The molecule has 19 heavy (non-hydrogen) atoms. The van der Waals surface area contributed by atoms with Crippen LogP contribution < -0.4 is 11.1 Å². The molecule has 0 atom stereocenters. The van der Waals surface area contributed by atoms with Crippen LogP contribution in [0.1, 0.15) is 0 Å². The van der Waals surface area contributed by atoms with Crippen molar-refractivity contribution in [3.05, 3.63) is 45.7 Å². The molecule has 2 aromatic rings. The molecule has 1 heterocycles. The fourth-order valence-corrected chi connectivity index (χ4v) is 1.74. The number of benzene rings is 1. The Morgan fingerprint density at radius 3 is 2.16 bits per heavy atom. The van der Waals surface area contributed by atoms with Gasteiger partial charge in [-0.1, -0.05) is 23.2 Å². The normalized spacial score (nSPS) is 10.6. The average molecular weight is 308 g/mol. The Morgan fingerprint density at radius 2 is 1.58 bits per heavy atom. The van der Waals surface area contributed by atoms with E-state index >= 15 is 0 Å². The number of rotatable bonds is 2. The third-order valence-corrected chi connectivity index (χ3v) is 2.79. The molecule has 8 heteroatoms. The number of pyridine rings is 1. The molecular weight excluding hydrogens is 302 g/mol. The molecule has 0 aliphatic rings. The van der Waals surface area contributed by atoms with E-state index in [9.17, 15) is 13.2 Å². The van der Waals surface area contributed by atoms with E-state index in [-0.39, 0.29) is 27.4 Å². The van der Waals surface area contributed by atoms with Crippen LogP contribution in [0.25, 0.3) is 0 Å². The van der Waals surface area contributed by atoms with E-state index in [4.69, 9.17) is 28.9 Å². The number of nitrogens with one attached hydrogen (secondary N) is 1. The van der Waals surface area contributed by atoms with Gasteiger partial charge in [-0.3, -0.25) is 0 Å². The molecule has 0 unspecified atom stereocenters. The Balaban J connectivity index is 2.39. The minimum atomic E-state index is -1.56. The van der Waals surface area contributed by atoms with E-state index in [2.05, 4.69) is 10.3 Å². The SMILES string of the molecule is Nc1nc(Nc2cc(F)c(F)c(F)c2)c(Cl)cc1Cl. The van der Waals surface area contributed by atoms with Gasteiger partial charge in [0.15, 0.2) is 23.3 Å². The molecular formula is C11H6Cl2F3N3. The van der Waals surface area contributed by atoms with E-state index in [0.717, 1.165) is 12.1 Å². The Kier molecular flexibility index (Phi) is 3.73. The molecule has 0 aliphatic heterocycles. The van der Waals surface area contributed by atoms with Crippen LogP contribution in [-0.2, 0) is 0 Å². The largest absolute Gasteiger partial charge is 0.382 e. The Bertz CT molecular complexity index is 626. The molecule has 100 valence electrons. The van der Waals surface area contributed by atoms with Crippen LogP contribution in [0.5, 0.6) is 0 Å². The second kappa shape index (κ2) is 5.14. The number of nitrogen functional groups attached to an aromatic ring is 1. The van der Waals surface area contributed by atoms with Crippen molar-refractivity contribution in [2.24, 2.45) is 0 Å². The van der Waals surface area contributed by atoms with Crippen LogP contribution in [0.2, 0.25) is 10.0 Å². The molecule has 0 saturated heterocycles. The van der Waals surface area contributed by atoms with Gasteiger partial charge < -0.3 is 11.1 Å². The van der Waals surface area contributed by atoms with Gasteiger partial charge in [0.05, 0.1) is 10.0 Å². The van der Waals surface area contributed by atoms with Gasteiger partial charge in [0.25, 0.3) is 0 Å². The smallest absolute Gasteiger partial charge is 0.194 e. The molecule has 2 rings (SSSR count). The lowest BCUT2D eigenvalue weighted by Gasteiger charge is -2.09. The van der Waals surface area contributed by atoms with E-state index in [1.807, 2.05) is 0 Å². The molecule has 0 spiro atoms. The number of nitrogens with zero attached hydrogens (tertiary/aromatic N) is 1. The Morgan fingerprint density at radius 1 is 1.00 bits per heavy atom. The van der Waals surface area contributed by atoms with Crippen LogP contribution in [0.15, 0.2) is 18.2 Å². The summed E-state index contributed by atoms with van der Waals surface area (Å²) in [5.74, 6) is -4.17. The quantitative estimate of drug-likeness (QED) is 0.820. The summed E-state index contributed by atoms with van der Waals surface area (Å²) in [6.07, 6.45) is 0. The van der Waals surface area contributed by atoms with Crippen LogP contribution in [0.3, 0.4) is 0 Å². The van der Waals surface area contributed by atoms with E-state index in [1.165, 1.54) is 6.07 Å². The monoisotopic (exact) mass is 307 g/mol. The van der Waals surface area contributed by atoms with Gasteiger partial charge in [-0.2, -0.15) is 0 Å². The number of anilines is 3. The maximum Gasteiger partial charge on any atom is 0.194 e. The first-order chi connectivity index (χ1) is 8.88. The van der Waals surface area contributed by atoms with Crippen molar-refractivity contribution in [3.8, 4) is 0 Å². The zero-order chi connectivity index (χ0) is 14.2. The number of aromatic nitrogens is 1. The predicted molar refractivity (Wildman–Crippen MR) is 68.3 cm³/mol. The second-order valence-electron chi connectivity index (χ2n) is 3.56. The molecule has 0 amide bonds. The average Bonchev–Trinajstić information content (AvgIpc) is 2.33. The number of hydrogen-bond acceptors (Lipinski definition) is 3. The van der Waals surface area contributed by atoms with Crippen LogP contribution in [-0.4, -0.2) is 4.98 Å². The summed E-state index contributed by atoms with van der Waals surface area (Å²) in [6, 6.07) is 2.85. The molecule has 0 bridgehead atoms. The lowest BCUT2D eigenvalue weighted by Crippen LogP contribution is -2.01. The van der Waals surface area contributed by atoms with E-state index in [1.54, 1.807) is 0 Å². The minimum absolute atomic E-state index is 0.00313. The van der Waals surface area contributed by atoms with Crippen molar-refractivity contribution in [3.63, 3.8) is 0 Å². The second-order valence-corrected chi connectivity index (χ2v) is 4.38. The lowest BCUT2D eigenvalue weighted by atomic mass is 10.3. The minimum Gasteiger partial charge on any atom is -0.382 e. The predicted octanol–water partition coefficient (Wildman–Crippen LogP) is 4.13. The summed E-state index contributed by atoms with van der Waals surface area (Å²) >= 11 is 11.5. The van der Waals surface area contributed by atoms with Gasteiger partial charge in [-0.05, 0) is 6.07 Å². The Hall–Kier alpha value is -1.66. The third kappa shape index (κ3) is 2.85. The summed E-state index contributed by atoms with van der Waals surface area (Å²) in [6.45, 7) is 0. The van der Waals surface area contributed by atoms with Crippen molar-refractivity contribution in [1.82, 2.24) is 4.98 Å². The molecule has 0 aliphatic carbocycles. The highest BCUT2D eigenvalue weighted by atomic mass is 35.5. The van der Waals surface area contributed by atoms with Crippen LogP contribution in [0.4, 0.5) is 30.5 Å². The van der Waals surface area contributed by atoms with Crippen molar-refractivity contribution >= 4 is 40.5 Å². The fourth-order valence-electron chi connectivity index (χ4n) is 1.33. The molecule has 3 N–H and O–H groups in total. The summed E-state index contributed by atoms with van der Waals surface area (Å²) < 4.78 is 38.9. The highest BCUT2D eigenvalue weighted by molar-refractivity contribution is 6.37. The first-order valence-electron chi connectivity index (χ1n) is 4.91. The van der Waals surface area contributed by atoms with Crippen LogP contribution >= 0.6 is 23.2 Å². The fraction of sp³-hybridized carbons (Fsp3) is 0. The highest BCUT2D eigenvalue weighted by Crippen LogP contribution is 2.30. The number of nitrogens with two attached hydrogens (primary N) is 1. The standard InChI is InChI=1S/C11H6Cl2F3N3/c12-5-3-6(13)11(19-10(5)17)18-4-1-7(14)9(16)8(15)2-4/h1-3H,(H3,17,18,19). The molecule has 0 fully saturated rings. The maximum absolute atomic E-state index is 13.0. The zero-order valence-corrected chi connectivity index (χ0v) is 10.7. The number of halogens is 5. The highest BCUT2D eigenvalue weighted by Gasteiger charge is 2.13. The number of hydrogen-bond donors (Lipinski definition) is 2. The summed E-state index contributed by atoms with van der Waals surface area (Å²) in [5.41, 5.74) is 5.41. The van der Waals surface area contributed by atoms with Crippen LogP contribution in [0, 0.1) is 17.5 Å². The van der Waals surface area contributed by atoms with Crippen molar-refractivity contribution in [1.29, 1.82) is 0 Å². The topological polar surface area (TPSA) is 50.9 Å². The Labute approximate surface area is 116 Å². The maximum atomic E-state index is 13.0. The summed E-state index contributed by atoms with van der Waals surface area (Å²) in [4.78, 5) is 3.81. The molecule has 1 aromatic carbocycles. The van der Waals surface area contributed by atoms with Crippen molar-refractivity contribution in [2.45, 2.75) is 0 Å². The first kappa shape index (κ1) is 13.8. The molecule has 3 nitrogen and oxygen atoms in total. The van der Waals surface area contributed by atoms with Gasteiger partial charge in [0, 0.05) is 17.8 Å². The van der Waals surface area contributed by atoms with Gasteiger partial charge in [-0.15, -0.1) is 0 Å². The van der Waals surface area contributed by atoms with Crippen molar-refractivity contribution < 1.29 is 13.2 Å². The van der Waals surface area contributed by atoms with Gasteiger partial charge >= 0.3 is 0 Å². The molecule has 0 saturated carbocycles. The zero-order valence-electron chi connectivity index (χ0n) is 9.15. The van der Waals surface area contributed by atoms with E-state index in [0.29, 0.717) is 0 Å². The summed E-state index contributed by atoms with van der Waals surface area (Å²) in [7, 11) is 0. The van der Waals surface area contributed by atoms with Crippen molar-refractivity contribution in [2.75, 3.05) is 11.1 Å². The van der Waals surface area contributed by atoms with E-state index < -0.39 is 17.5 Å². The summed E-state index contributed by atoms with van der Waals surface area (Å²) in [5, 5.41) is 2.77. The van der Waals surface area contributed by atoms with Gasteiger partial charge in [0.1, 0.15) is 5.82 Å². The van der Waals surface area contributed by atoms with Gasteiger partial charge in [0.2, 0.25) is 0 Å². The molecule has 0 radical (unpaired) electrons.